The summed E-state index contributed by atoms with van der Waals surface area (Å²) in [7, 11) is 4.03. The monoisotopic (exact) mass is 264 g/mol. The van der Waals surface area contributed by atoms with Crippen LogP contribution in [0.25, 0.3) is 22.3 Å². The van der Waals surface area contributed by atoms with Crippen LogP contribution in [0.4, 0.5) is 11.5 Å². The Balaban J connectivity index is 2.10. The Bertz CT molecular complexity index is 748. The number of nitrogens with zero attached hydrogens (tertiary/aromatic N) is 3. The molecule has 1 aromatic heterocycles. The molecule has 0 aliphatic carbocycles. The van der Waals surface area contributed by atoms with Crippen molar-refractivity contribution in [1.29, 1.82) is 0 Å². The largest absolute Gasteiger partial charge is 0.383 e. The maximum absolute atomic E-state index is 6.01. The molecule has 0 unspecified atom stereocenters. The highest BCUT2D eigenvalue weighted by Gasteiger charge is 2.07. The summed E-state index contributed by atoms with van der Waals surface area (Å²) in [6.07, 6.45) is 0. The molecule has 2 N–H and O–H groups in total. The van der Waals surface area contributed by atoms with E-state index in [-0.39, 0.29) is 0 Å². The first-order chi connectivity index (χ1) is 9.65. The molecule has 100 valence electrons. The molecule has 0 aliphatic rings. The number of anilines is 2. The van der Waals surface area contributed by atoms with E-state index in [1.807, 2.05) is 62.6 Å². The molecule has 2 aromatic carbocycles. The Labute approximate surface area is 117 Å². The number of hydrogen-bond donors (Lipinski definition) is 1. The molecule has 20 heavy (non-hydrogen) atoms. The van der Waals surface area contributed by atoms with Gasteiger partial charge in [0.2, 0.25) is 0 Å². The molecule has 0 atom stereocenters. The molecule has 3 aromatic rings. The minimum Gasteiger partial charge on any atom is -0.383 e. The lowest BCUT2D eigenvalue weighted by Crippen LogP contribution is -2.08. The van der Waals surface area contributed by atoms with Gasteiger partial charge in [0.1, 0.15) is 5.82 Å². The van der Waals surface area contributed by atoms with Crippen molar-refractivity contribution in [2.45, 2.75) is 0 Å². The van der Waals surface area contributed by atoms with E-state index in [9.17, 15) is 0 Å². The van der Waals surface area contributed by atoms with Gasteiger partial charge in [-0.2, -0.15) is 0 Å². The maximum atomic E-state index is 6.01. The Morgan fingerprint density at radius 1 is 0.900 bits per heavy atom. The van der Waals surface area contributed by atoms with Crippen molar-refractivity contribution in [2.75, 3.05) is 24.7 Å². The summed E-state index contributed by atoms with van der Waals surface area (Å²) in [6, 6.07) is 15.9. The second kappa shape index (κ2) is 4.81. The highest BCUT2D eigenvalue weighted by Crippen LogP contribution is 2.24. The van der Waals surface area contributed by atoms with Gasteiger partial charge in [0.15, 0.2) is 5.82 Å². The average Bonchev–Trinajstić information content (AvgIpc) is 2.47. The van der Waals surface area contributed by atoms with E-state index in [1.54, 1.807) is 0 Å². The zero-order chi connectivity index (χ0) is 14.1. The van der Waals surface area contributed by atoms with E-state index in [0.717, 1.165) is 22.2 Å². The highest BCUT2D eigenvalue weighted by molar-refractivity contribution is 5.89. The van der Waals surface area contributed by atoms with Crippen LogP contribution in [0.1, 0.15) is 0 Å². The smallest absolute Gasteiger partial charge is 0.162 e. The first-order valence-corrected chi connectivity index (χ1v) is 6.45. The van der Waals surface area contributed by atoms with Crippen molar-refractivity contribution in [3.05, 3.63) is 48.5 Å². The molecule has 0 aliphatic heterocycles. The van der Waals surface area contributed by atoms with E-state index >= 15 is 0 Å². The van der Waals surface area contributed by atoms with Crippen molar-refractivity contribution in [3.63, 3.8) is 0 Å². The van der Waals surface area contributed by atoms with Gasteiger partial charge in [0.25, 0.3) is 0 Å². The summed E-state index contributed by atoms with van der Waals surface area (Å²) in [4.78, 5) is 11.0. The predicted molar refractivity (Wildman–Crippen MR) is 83.7 cm³/mol. The van der Waals surface area contributed by atoms with E-state index < -0.39 is 0 Å². The summed E-state index contributed by atoms with van der Waals surface area (Å²) in [5.74, 6) is 1.17. The van der Waals surface area contributed by atoms with E-state index in [0.29, 0.717) is 11.6 Å². The third-order valence-corrected chi connectivity index (χ3v) is 3.27. The molecule has 0 amide bonds. The summed E-state index contributed by atoms with van der Waals surface area (Å²) in [5.41, 5.74) is 8.99. The second-order valence-corrected chi connectivity index (χ2v) is 4.89. The molecule has 0 saturated heterocycles. The fourth-order valence-electron chi connectivity index (χ4n) is 2.14. The maximum Gasteiger partial charge on any atom is 0.162 e. The van der Waals surface area contributed by atoms with Crippen LogP contribution in [0.3, 0.4) is 0 Å². The lowest BCUT2D eigenvalue weighted by molar-refractivity contribution is 1.13. The summed E-state index contributed by atoms with van der Waals surface area (Å²) < 4.78 is 0. The minimum absolute atomic E-state index is 0.516. The number of nitrogen functional groups attached to an aromatic ring is 1. The van der Waals surface area contributed by atoms with Gasteiger partial charge in [-0.1, -0.05) is 12.1 Å². The van der Waals surface area contributed by atoms with Gasteiger partial charge in [-0.05, 0) is 36.4 Å². The van der Waals surface area contributed by atoms with Crippen molar-refractivity contribution in [2.24, 2.45) is 0 Å². The zero-order valence-electron chi connectivity index (χ0n) is 11.5. The van der Waals surface area contributed by atoms with Crippen LogP contribution in [0.5, 0.6) is 0 Å². The number of rotatable bonds is 2. The standard InChI is InChI=1S/C16H16N4/c1-20(2)12-9-7-11(8-10-12)16-18-14-6-4-3-5-13(14)15(17)19-16/h3-10H,1-2H3,(H2,17,18,19). The number of aromatic nitrogens is 2. The van der Waals surface area contributed by atoms with Crippen LogP contribution in [0.15, 0.2) is 48.5 Å². The average molecular weight is 264 g/mol. The predicted octanol–water partition coefficient (Wildman–Crippen LogP) is 2.95. The Hall–Kier alpha value is -2.62. The third-order valence-electron chi connectivity index (χ3n) is 3.27. The van der Waals surface area contributed by atoms with Crippen molar-refractivity contribution in [3.8, 4) is 11.4 Å². The molecular formula is C16H16N4. The second-order valence-electron chi connectivity index (χ2n) is 4.89. The van der Waals surface area contributed by atoms with Gasteiger partial charge in [-0.25, -0.2) is 9.97 Å². The normalized spacial score (nSPS) is 10.7. The van der Waals surface area contributed by atoms with Crippen LogP contribution in [-0.4, -0.2) is 24.1 Å². The molecule has 4 nitrogen and oxygen atoms in total. The number of benzene rings is 2. The zero-order valence-corrected chi connectivity index (χ0v) is 11.5. The molecule has 4 heteroatoms. The van der Waals surface area contributed by atoms with Crippen molar-refractivity contribution < 1.29 is 0 Å². The van der Waals surface area contributed by atoms with Crippen molar-refractivity contribution in [1.82, 2.24) is 9.97 Å². The quantitative estimate of drug-likeness (QED) is 0.773. The third kappa shape index (κ3) is 2.16. The van der Waals surface area contributed by atoms with E-state index in [4.69, 9.17) is 5.73 Å². The summed E-state index contributed by atoms with van der Waals surface area (Å²) in [5, 5.41) is 0.890. The van der Waals surface area contributed by atoms with Gasteiger partial charge in [-0.3, -0.25) is 0 Å². The number of nitrogens with two attached hydrogens (primary N) is 1. The fraction of sp³-hybridized carbons (Fsp3) is 0.125. The van der Waals surface area contributed by atoms with Gasteiger partial charge in [0, 0.05) is 30.7 Å². The van der Waals surface area contributed by atoms with Gasteiger partial charge < -0.3 is 10.6 Å². The molecule has 0 saturated carbocycles. The van der Waals surface area contributed by atoms with Crippen LogP contribution >= 0.6 is 0 Å². The highest BCUT2D eigenvalue weighted by atomic mass is 15.1. The van der Waals surface area contributed by atoms with Gasteiger partial charge >= 0.3 is 0 Å². The Morgan fingerprint density at radius 3 is 2.30 bits per heavy atom. The van der Waals surface area contributed by atoms with Crippen LogP contribution < -0.4 is 10.6 Å². The molecule has 0 spiro atoms. The molecule has 3 rings (SSSR count). The number of fused-ring (bicyclic) bond motifs is 1. The van der Waals surface area contributed by atoms with E-state index in [2.05, 4.69) is 14.9 Å². The minimum atomic E-state index is 0.516. The number of hydrogen-bond acceptors (Lipinski definition) is 4. The molecule has 1 heterocycles. The SMILES string of the molecule is CN(C)c1ccc(-c2nc(N)c3ccccc3n2)cc1. The Morgan fingerprint density at radius 2 is 1.60 bits per heavy atom. The molecule has 0 radical (unpaired) electrons. The van der Waals surface area contributed by atoms with Crippen LogP contribution in [-0.2, 0) is 0 Å². The lowest BCUT2D eigenvalue weighted by atomic mass is 10.1. The molecular weight excluding hydrogens is 248 g/mol. The van der Waals surface area contributed by atoms with Gasteiger partial charge in [-0.15, -0.1) is 0 Å². The van der Waals surface area contributed by atoms with Crippen molar-refractivity contribution >= 4 is 22.4 Å². The van der Waals surface area contributed by atoms with Crippen LogP contribution in [0, 0.1) is 0 Å². The topological polar surface area (TPSA) is 55.0 Å². The fourth-order valence-corrected chi connectivity index (χ4v) is 2.14. The first kappa shape index (κ1) is 12.4. The molecule has 0 fully saturated rings. The van der Waals surface area contributed by atoms with Gasteiger partial charge in [0.05, 0.1) is 5.52 Å². The molecule has 0 bridgehead atoms. The van der Waals surface area contributed by atoms with E-state index in [1.165, 1.54) is 0 Å². The Kier molecular flexibility index (Phi) is 2.99. The number of para-hydroxylation sites is 1. The first-order valence-electron chi connectivity index (χ1n) is 6.45. The lowest BCUT2D eigenvalue weighted by Gasteiger charge is -2.12. The van der Waals surface area contributed by atoms with Crippen LogP contribution in [0.2, 0.25) is 0 Å². The summed E-state index contributed by atoms with van der Waals surface area (Å²) >= 11 is 0. The summed E-state index contributed by atoms with van der Waals surface area (Å²) in [6.45, 7) is 0.